The number of ether oxygens (including phenoxy) is 2. The van der Waals surface area contributed by atoms with Gasteiger partial charge >= 0.3 is 12.1 Å². The second kappa shape index (κ2) is 8.70. The van der Waals surface area contributed by atoms with E-state index in [2.05, 4.69) is 12.2 Å². The molecule has 1 aliphatic rings. The van der Waals surface area contributed by atoms with E-state index in [0.29, 0.717) is 13.1 Å². The van der Waals surface area contributed by atoms with Crippen molar-refractivity contribution in [2.45, 2.75) is 71.9 Å². The molecule has 1 heterocycles. The van der Waals surface area contributed by atoms with Crippen LogP contribution in [0.25, 0.3) is 0 Å². The Labute approximate surface area is 146 Å². The smallest absolute Gasteiger partial charge is 0.410 e. The number of esters is 1. The summed E-state index contributed by atoms with van der Waals surface area (Å²) in [5, 5.41) is 3.30. The molecule has 0 bridgehead atoms. The molecule has 0 aromatic heterocycles. The lowest BCUT2D eigenvalue weighted by Gasteiger charge is -2.42. The van der Waals surface area contributed by atoms with Gasteiger partial charge in [-0.1, -0.05) is 13.3 Å². The predicted octanol–water partition coefficient (Wildman–Crippen LogP) is 2.95. The van der Waals surface area contributed by atoms with Crippen LogP contribution in [0.3, 0.4) is 0 Å². The van der Waals surface area contributed by atoms with Crippen LogP contribution in [0.5, 0.6) is 0 Å². The zero-order valence-electron chi connectivity index (χ0n) is 16.1. The molecule has 1 saturated heterocycles. The van der Waals surface area contributed by atoms with E-state index in [1.54, 1.807) is 4.90 Å². The van der Waals surface area contributed by atoms with Crippen molar-refractivity contribution in [2.75, 3.05) is 26.7 Å². The molecule has 1 fully saturated rings. The predicted molar refractivity (Wildman–Crippen MR) is 93.9 cm³/mol. The Hall–Kier alpha value is -1.30. The first-order chi connectivity index (χ1) is 11.1. The molecule has 0 aromatic rings. The van der Waals surface area contributed by atoms with Crippen LogP contribution in [0.1, 0.15) is 60.3 Å². The molecular weight excluding hydrogens is 308 g/mol. The van der Waals surface area contributed by atoms with Crippen LogP contribution in [0.2, 0.25) is 0 Å². The molecule has 0 spiro atoms. The Morgan fingerprint density at radius 2 is 1.83 bits per heavy atom. The van der Waals surface area contributed by atoms with Crippen LogP contribution in [0.15, 0.2) is 0 Å². The summed E-state index contributed by atoms with van der Waals surface area (Å²) in [6, 6.07) is -0.312. The van der Waals surface area contributed by atoms with E-state index < -0.39 is 5.60 Å². The molecule has 0 saturated carbocycles. The summed E-state index contributed by atoms with van der Waals surface area (Å²) < 4.78 is 10.2. The largest absolute Gasteiger partial charge is 0.468 e. The van der Waals surface area contributed by atoms with Crippen molar-refractivity contribution in [1.29, 1.82) is 0 Å². The topological polar surface area (TPSA) is 67.9 Å². The average molecular weight is 342 g/mol. The molecule has 6 nitrogen and oxygen atoms in total. The van der Waals surface area contributed by atoms with Crippen molar-refractivity contribution < 1.29 is 19.1 Å². The Morgan fingerprint density at radius 1 is 1.25 bits per heavy atom. The highest BCUT2D eigenvalue weighted by Gasteiger charge is 2.36. The van der Waals surface area contributed by atoms with E-state index in [4.69, 9.17) is 9.47 Å². The number of piperidine rings is 1. The van der Waals surface area contributed by atoms with Gasteiger partial charge in [0.05, 0.1) is 7.11 Å². The molecule has 0 radical (unpaired) electrons. The number of carbonyl (C=O) groups is 2. The molecule has 1 N–H and O–H groups in total. The number of nitrogens with one attached hydrogen (secondary N) is 1. The van der Waals surface area contributed by atoms with E-state index in [9.17, 15) is 9.59 Å². The lowest BCUT2D eigenvalue weighted by atomic mass is 9.74. The number of amides is 1. The van der Waals surface area contributed by atoms with Crippen LogP contribution in [-0.4, -0.2) is 55.3 Å². The molecule has 1 aliphatic heterocycles. The first-order valence-corrected chi connectivity index (χ1v) is 8.91. The highest BCUT2D eigenvalue weighted by molar-refractivity contribution is 5.75. The zero-order chi connectivity index (χ0) is 18.4. The maximum absolute atomic E-state index is 12.2. The normalized spacial score (nSPS) is 18.8. The van der Waals surface area contributed by atoms with Gasteiger partial charge in [-0.2, -0.15) is 0 Å². The van der Waals surface area contributed by atoms with Gasteiger partial charge in [0.1, 0.15) is 11.6 Å². The zero-order valence-corrected chi connectivity index (χ0v) is 16.1. The van der Waals surface area contributed by atoms with Gasteiger partial charge in [-0.3, -0.25) is 4.79 Å². The van der Waals surface area contributed by atoms with E-state index in [-0.39, 0.29) is 23.5 Å². The monoisotopic (exact) mass is 342 g/mol. The Kier molecular flexibility index (Phi) is 7.52. The summed E-state index contributed by atoms with van der Waals surface area (Å²) in [6.07, 6.45) is 3.77. The minimum Gasteiger partial charge on any atom is -0.468 e. The van der Waals surface area contributed by atoms with Crippen molar-refractivity contribution in [3.63, 3.8) is 0 Å². The number of carbonyl (C=O) groups excluding carboxylic acids is 2. The summed E-state index contributed by atoms with van der Waals surface area (Å²) in [7, 11) is 1.40. The van der Waals surface area contributed by atoms with Gasteiger partial charge in [0, 0.05) is 19.6 Å². The average Bonchev–Trinajstić information content (AvgIpc) is 2.51. The van der Waals surface area contributed by atoms with Gasteiger partial charge in [-0.15, -0.1) is 0 Å². The van der Waals surface area contributed by atoms with Crippen molar-refractivity contribution in [1.82, 2.24) is 10.2 Å². The van der Waals surface area contributed by atoms with Gasteiger partial charge in [0.25, 0.3) is 0 Å². The van der Waals surface area contributed by atoms with E-state index in [0.717, 1.165) is 32.2 Å². The number of likely N-dealkylation sites (tertiary alicyclic amines) is 1. The number of hydrogen-bond acceptors (Lipinski definition) is 5. The number of rotatable bonds is 6. The van der Waals surface area contributed by atoms with Gasteiger partial charge < -0.3 is 19.7 Å². The highest BCUT2D eigenvalue weighted by Crippen LogP contribution is 2.36. The van der Waals surface area contributed by atoms with Gasteiger partial charge in [-0.05, 0) is 52.4 Å². The number of hydrogen-bond donors (Lipinski definition) is 1. The minimum atomic E-state index is -0.466. The highest BCUT2D eigenvalue weighted by atomic mass is 16.6. The first kappa shape index (κ1) is 20.7. The molecule has 140 valence electrons. The minimum absolute atomic E-state index is 0.121. The van der Waals surface area contributed by atoms with Crippen LogP contribution in [0, 0.1) is 5.41 Å². The van der Waals surface area contributed by atoms with Gasteiger partial charge in [-0.25, -0.2) is 4.79 Å². The van der Waals surface area contributed by atoms with Crippen molar-refractivity contribution in [3.05, 3.63) is 0 Å². The molecular formula is C18H34N2O4. The summed E-state index contributed by atoms with van der Waals surface area (Å²) in [4.78, 5) is 25.6. The van der Waals surface area contributed by atoms with Crippen LogP contribution < -0.4 is 5.32 Å². The lowest BCUT2D eigenvalue weighted by molar-refractivity contribution is -0.142. The van der Waals surface area contributed by atoms with Crippen molar-refractivity contribution in [2.24, 2.45) is 5.41 Å². The van der Waals surface area contributed by atoms with Crippen LogP contribution in [0.4, 0.5) is 4.79 Å². The summed E-state index contributed by atoms with van der Waals surface area (Å²) >= 11 is 0. The molecule has 1 atom stereocenters. The molecule has 0 unspecified atom stereocenters. The van der Waals surface area contributed by atoms with E-state index >= 15 is 0 Å². The van der Waals surface area contributed by atoms with Crippen molar-refractivity contribution >= 4 is 12.1 Å². The number of methoxy groups -OCH3 is 1. The lowest BCUT2D eigenvalue weighted by Crippen LogP contribution is -2.50. The quantitative estimate of drug-likeness (QED) is 0.752. The molecule has 24 heavy (non-hydrogen) atoms. The van der Waals surface area contributed by atoms with Crippen LogP contribution >= 0.6 is 0 Å². The fraction of sp³-hybridized carbons (Fsp3) is 0.889. The Morgan fingerprint density at radius 3 is 2.29 bits per heavy atom. The molecule has 0 aliphatic carbocycles. The molecule has 6 heteroatoms. The van der Waals surface area contributed by atoms with Crippen LogP contribution in [-0.2, 0) is 14.3 Å². The second-order valence-corrected chi connectivity index (χ2v) is 7.84. The van der Waals surface area contributed by atoms with Crippen molar-refractivity contribution in [3.8, 4) is 0 Å². The standard InChI is InChI=1S/C18H34N2O4/c1-7-8-18(13-19-14(2)15(21)23-6)9-11-20(12-10-18)16(22)24-17(3,4)5/h14,19H,7-13H2,1-6H3/t14-/m1/s1. The van der Waals surface area contributed by atoms with Gasteiger partial charge in [0.2, 0.25) is 0 Å². The fourth-order valence-electron chi connectivity index (χ4n) is 3.17. The summed E-state index contributed by atoms with van der Waals surface area (Å²) in [6.45, 7) is 11.8. The van der Waals surface area contributed by atoms with Gasteiger partial charge in [0.15, 0.2) is 0 Å². The van der Waals surface area contributed by atoms with E-state index in [1.165, 1.54) is 7.11 Å². The molecule has 0 aromatic carbocycles. The maximum atomic E-state index is 12.2. The summed E-state index contributed by atoms with van der Waals surface area (Å²) in [5.74, 6) is -0.243. The second-order valence-electron chi connectivity index (χ2n) is 7.84. The molecule has 1 rings (SSSR count). The third-order valence-electron chi connectivity index (χ3n) is 4.59. The number of nitrogens with zero attached hydrogens (tertiary/aromatic N) is 1. The van der Waals surface area contributed by atoms with E-state index in [1.807, 2.05) is 27.7 Å². The maximum Gasteiger partial charge on any atom is 0.410 e. The summed E-state index contributed by atoms with van der Waals surface area (Å²) in [5.41, 5.74) is -0.345. The first-order valence-electron chi connectivity index (χ1n) is 8.91. The third kappa shape index (κ3) is 6.30. The Bertz CT molecular complexity index is 423. The molecule has 1 amide bonds. The third-order valence-corrected chi connectivity index (χ3v) is 4.59. The SMILES string of the molecule is CCCC1(CN[C@H](C)C(=O)OC)CCN(C(=O)OC(C)(C)C)CC1. The fourth-order valence-corrected chi connectivity index (χ4v) is 3.17. The Balaban J connectivity index is 2.59.